The van der Waals surface area contributed by atoms with E-state index in [-0.39, 0.29) is 17.3 Å². The summed E-state index contributed by atoms with van der Waals surface area (Å²) in [5.74, 6) is -0.256. The molecular formula is C30H34FN3O2. The molecule has 1 fully saturated rings. The van der Waals surface area contributed by atoms with E-state index in [1.807, 2.05) is 63.2 Å². The minimum atomic E-state index is -0.538. The van der Waals surface area contributed by atoms with Crippen molar-refractivity contribution in [2.75, 3.05) is 26.7 Å². The van der Waals surface area contributed by atoms with Crippen molar-refractivity contribution < 1.29 is 13.9 Å². The number of hydrogen-bond donors (Lipinski definition) is 0. The summed E-state index contributed by atoms with van der Waals surface area (Å²) in [7, 11) is 2.08. The number of benzene rings is 3. The van der Waals surface area contributed by atoms with E-state index in [1.165, 1.54) is 12.1 Å². The number of halogens is 1. The van der Waals surface area contributed by atoms with E-state index < -0.39 is 5.60 Å². The number of hydrogen-bond acceptors (Lipinski definition) is 4. The highest BCUT2D eigenvalue weighted by Gasteiger charge is 2.39. The molecule has 4 rings (SSSR count). The fourth-order valence-electron chi connectivity index (χ4n) is 5.23. The van der Waals surface area contributed by atoms with Crippen molar-refractivity contribution in [1.29, 1.82) is 5.26 Å². The Kier molecular flexibility index (Phi) is 7.33. The highest BCUT2D eigenvalue weighted by atomic mass is 19.1. The topological polar surface area (TPSA) is 56.6 Å². The second-order valence-corrected chi connectivity index (χ2v) is 10.9. The molecule has 5 nitrogen and oxygen atoms in total. The summed E-state index contributed by atoms with van der Waals surface area (Å²) in [4.78, 5) is 16.7. The predicted octanol–water partition coefficient (Wildman–Crippen LogP) is 6.25. The van der Waals surface area contributed by atoms with Crippen LogP contribution in [-0.2, 0) is 16.7 Å². The number of amides is 1. The maximum Gasteiger partial charge on any atom is 0.410 e. The lowest BCUT2D eigenvalue weighted by molar-refractivity contribution is 0.0144. The molecule has 0 spiro atoms. The molecule has 3 aromatic carbocycles. The van der Waals surface area contributed by atoms with Crippen LogP contribution in [0.5, 0.6) is 0 Å². The van der Waals surface area contributed by atoms with Crippen molar-refractivity contribution in [1.82, 2.24) is 9.80 Å². The minimum absolute atomic E-state index is 0.233. The van der Waals surface area contributed by atoms with Crippen molar-refractivity contribution in [2.24, 2.45) is 0 Å². The van der Waals surface area contributed by atoms with E-state index in [1.54, 1.807) is 4.90 Å². The van der Waals surface area contributed by atoms with Crippen LogP contribution >= 0.6 is 0 Å². The van der Waals surface area contributed by atoms with Gasteiger partial charge in [-0.15, -0.1) is 0 Å². The summed E-state index contributed by atoms with van der Waals surface area (Å²) in [6, 6.07) is 21.1. The van der Waals surface area contributed by atoms with Crippen LogP contribution in [-0.4, -0.2) is 48.2 Å². The fraction of sp³-hybridized carbons (Fsp3) is 0.400. The van der Waals surface area contributed by atoms with Gasteiger partial charge in [0.25, 0.3) is 0 Å². The van der Waals surface area contributed by atoms with Crippen LogP contribution < -0.4 is 0 Å². The summed E-state index contributed by atoms with van der Waals surface area (Å²) in [5, 5.41) is 11.7. The van der Waals surface area contributed by atoms with Crippen LogP contribution in [0.25, 0.3) is 10.8 Å². The number of likely N-dealkylation sites (tertiary alicyclic amines) is 1. The molecule has 6 heteroatoms. The SMILES string of the molecule is CN(Cc1cc(C#N)cc2ccccc12)CC1(c2ccc(F)cc2)CCN(C(=O)OC(C)(C)C)CC1. The molecule has 1 saturated heterocycles. The number of nitriles is 1. The summed E-state index contributed by atoms with van der Waals surface area (Å²) >= 11 is 0. The second kappa shape index (κ2) is 10.3. The van der Waals surface area contributed by atoms with E-state index >= 15 is 0 Å². The van der Waals surface area contributed by atoms with Gasteiger partial charge in [-0.05, 0) is 86.8 Å². The largest absolute Gasteiger partial charge is 0.444 e. The highest BCUT2D eigenvalue weighted by Crippen LogP contribution is 2.37. The smallest absolute Gasteiger partial charge is 0.410 e. The number of rotatable bonds is 5. The van der Waals surface area contributed by atoms with Crippen molar-refractivity contribution in [3.63, 3.8) is 0 Å². The number of likely N-dealkylation sites (N-methyl/N-ethyl adjacent to an activating group) is 1. The zero-order valence-electron chi connectivity index (χ0n) is 21.6. The van der Waals surface area contributed by atoms with Crippen molar-refractivity contribution in [3.8, 4) is 6.07 Å². The molecule has 0 unspecified atom stereocenters. The number of carbonyl (C=O) groups excluding carboxylic acids is 1. The van der Waals surface area contributed by atoms with E-state index in [0.29, 0.717) is 25.2 Å². The van der Waals surface area contributed by atoms with Crippen molar-refractivity contribution >= 4 is 16.9 Å². The molecule has 1 amide bonds. The lowest BCUT2D eigenvalue weighted by Gasteiger charge is -2.44. The van der Waals surface area contributed by atoms with Gasteiger partial charge in [0.15, 0.2) is 0 Å². The standard InChI is InChI=1S/C30H34FN3O2/c1-29(2,3)36-28(35)34-15-13-30(14-16-34,25-9-11-26(31)12-10-25)21-33(4)20-24-18-22(19-32)17-23-7-5-6-8-27(23)24/h5-12,17-18H,13-16,20-21H2,1-4H3. The van der Waals surface area contributed by atoms with Crippen LogP contribution in [0.3, 0.4) is 0 Å². The predicted molar refractivity (Wildman–Crippen MR) is 140 cm³/mol. The third-order valence-corrected chi connectivity index (χ3v) is 6.92. The normalized spacial score (nSPS) is 15.6. The Hall–Kier alpha value is -3.43. The van der Waals surface area contributed by atoms with Crippen molar-refractivity contribution in [2.45, 2.75) is 51.2 Å². The lowest BCUT2D eigenvalue weighted by atomic mass is 9.72. The fourth-order valence-corrected chi connectivity index (χ4v) is 5.23. The molecule has 3 aromatic rings. The van der Waals surface area contributed by atoms with E-state index in [2.05, 4.69) is 24.1 Å². The van der Waals surface area contributed by atoms with E-state index in [0.717, 1.165) is 41.3 Å². The number of piperidine rings is 1. The molecule has 0 aromatic heterocycles. The number of carbonyl (C=O) groups is 1. The third-order valence-electron chi connectivity index (χ3n) is 6.92. The van der Waals surface area contributed by atoms with E-state index in [9.17, 15) is 14.4 Å². The van der Waals surface area contributed by atoms with Gasteiger partial charge in [-0.1, -0.05) is 36.4 Å². The molecule has 1 heterocycles. The van der Waals surface area contributed by atoms with Gasteiger partial charge < -0.3 is 14.5 Å². The lowest BCUT2D eigenvalue weighted by Crippen LogP contribution is -2.50. The van der Waals surface area contributed by atoms with Crippen LogP contribution in [0.1, 0.15) is 50.3 Å². The van der Waals surface area contributed by atoms with Crippen LogP contribution in [0, 0.1) is 17.1 Å². The maximum absolute atomic E-state index is 13.8. The molecule has 0 atom stereocenters. The maximum atomic E-state index is 13.8. The molecule has 0 radical (unpaired) electrons. The van der Waals surface area contributed by atoms with Gasteiger partial charge in [0.1, 0.15) is 11.4 Å². The van der Waals surface area contributed by atoms with Gasteiger partial charge in [0, 0.05) is 31.6 Å². The number of ether oxygens (including phenoxy) is 1. The van der Waals surface area contributed by atoms with Gasteiger partial charge in [-0.2, -0.15) is 5.26 Å². The summed E-state index contributed by atoms with van der Waals surface area (Å²) in [6.07, 6.45) is 1.21. The van der Waals surface area contributed by atoms with Crippen LogP contribution in [0.15, 0.2) is 60.7 Å². The molecule has 0 N–H and O–H groups in total. The van der Waals surface area contributed by atoms with Gasteiger partial charge in [0.2, 0.25) is 0 Å². The Balaban J connectivity index is 1.57. The first-order valence-corrected chi connectivity index (χ1v) is 12.4. The zero-order valence-corrected chi connectivity index (χ0v) is 21.6. The van der Waals surface area contributed by atoms with Gasteiger partial charge >= 0.3 is 6.09 Å². The quantitative estimate of drug-likeness (QED) is 0.427. The molecule has 188 valence electrons. The van der Waals surface area contributed by atoms with E-state index in [4.69, 9.17) is 4.74 Å². The molecule has 0 aliphatic carbocycles. The van der Waals surface area contributed by atoms with Gasteiger partial charge in [-0.25, -0.2) is 9.18 Å². The second-order valence-electron chi connectivity index (χ2n) is 10.9. The molecule has 0 saturated carbocycles. The Labute approximate surface area is 213 Å². The first-order chi connectivity index (χ1) is 17.1. The minimum Gasteiger partial charge on any atom is -0.444 e. The number of nitrogens with zero attached hydrogens (tertiary/aromatic N) is 3. The highest BCUT2D eigenvalue weighted by molar-refractivity contribution is 5.87. The molecule has 1 aliphatic heterocycles. The Morgan fingerprint density at radius 2 is 1.78 bits per heavy atom. The average Bonchev–Trinajstić information content (AvgIpc) is 2.83. The average molecular weight is 488 g/mol. The third kappa shape index (κ3) is 5.85. The zero-order chi connectivity index (χ0) is 25.9. The monoisotopic (exact) mass is 487 g/mol. The number of fused-ring (bicyclic) bond motifs is 1. The molecule has 36 heavy (non-hydrogen) atoms. The first kappa shape index (κ1) is 25.7. The summed E-state index contributed by atoms with van der Waals surface area (Å²) < 4.78 is 19.4. The molecule has 0 bridgehead atoms. The Morgan fingerprint density at radius 3 is 2.42 bits per heavy atom. The summed E-state index contributed by atoms with van der Waals surface area (Å²) in [5.41, 5.74) is 2.06. The summed E-state index contributed by atoms with van der Waals surface area (Å²) in [6.45, 7) is 8.19. The molecule has 1 aliphatic rings. The van der Waals surface area contributed by atoms with Gasteiger partial charge in [-0.3, -0.25) is 0 Å². The Morgan fingerprint density at radius 1 is 1.11 bits per heavy atom. The molecular weight excluding hydrogens is 453 g/mol. The van der Waals surface area contributed by atoms with Crippen LogP contribution in [0.2, 0.25) is 0 Å². The van der Waals surface area contributed by atoms with Crippen LogP contribution in [0.4, 0.5) is 9.18 Å². The van der Waals surface area contributed by atoms with Crippen molar-refractivity contribution in [3.05, 3.63) is 83.2 Å². The van der Waals surface area contributed by atoms with Gasteiger partial charge in [0.05, 0.1) is 11.6 Å². The Bertz CT molecular complexity index is 1270. The first-order valence-electron chi connectivity index (χ1n) is 12.4.